The van der Waals surface area contributed by atoms with E-state index in [1.54, 1.807) is 0 Å². The molecule has 0 spiro atoms. The van der Waals surface area contributed by atoms with E-state index in [4.69, 9.17) is 4.74 Å². The summed E-state index contributed by atoms with van der Waals surface area (Å²) in [6.45, 7) is 4.53. The van der Waals surface area contributed by atoms with Gasteiger partial charge in [0, 0.05) is 13.2 Å². The number of hydrogen-bond donors (Lipinski definition) is 1. The van der Waals surface area contributed by atoms with Crippen LogP contribution in [0.25, 0.3) is 0 Å². The van der Waals surface area contributed by atoms with Gasteiger partial charge in [-0.3, -0.25) is 0 Å². The first-order valence-corrected chi connectivity index (χ1v) is 7.23. The van der Waals surface area contributed by atoms with E-state index in [2.05, 4.69) is 5.32 Å². The summed E-state index contributed by atoms with van der Waals surface area (Å²) in [6.07, 6.45) is 11.3. The normalized spacial score (nSPS) is 24.8. The number of unbranched alkanes of at least 4 members (excludes halogenated alkanes) is 1. The van der Waals surface area contributed by atoms with Crippen LogP contribution in [-0.2, 0) is 4.74 Å². The standard InChI is InChI=1S/C14H27NO/c1(3-13-5-9-15-10-6-13)2-4-14-7-11-16-12-8-14/h13-15H,1-12H2. The first-order chi connectivity index (χ1) is 7.95. The molecule has 0 atom stereocenters. The maximum atomic E-state index is 5.39. The fourth-order valence-corrected chi connectivity index (χ4v) is 3.07. The maximum Gasteiger partial charge on any atom is 0.0468 e. The molecule has 2 saturated heterocycles. The predicted octanol–water partition coefficient (Wildman–Crippen LogP) is 2.97. The highest BCUT2D eigenvalue weighted by Gasteiger charge is 2.15. The van der Waals surface area contributed by atoms with Crippen molar-refractivity contribution in [3.63, 3.8) is 0 Å². The molecule has 2 nitrogen and oxygen atoms in total. The Morgan fingerprint density at radius 2 is 1.38 bits per heavy atom. The molecule has 94 valence electrons. The molecule has 0 radical (unpaired) electrons. The third-order valence-electron chi connectivity index (χ3n) is 4.27. The van der Waals surface area contributed by atoms with E-state index in [9.17, 15) is 0 Å². The molecule has 2 fully saturated rings. The average molecular weight is 225 g/mol. The molecule has 1 N–H and O–H groups in total. The van der Waals surface area contributed by atoms with Crippen LogP contribution in [-0.4, -0.2) is 26.3 Å². The highest BCUT2D eigenvalue weighted by atomic mass is 16.5. The molecule has 2 aliphatic heterocycles. The quantitative estimate of drug-likeness (QED) is 0.726. The van der Waals surface area contributed by atoms with E-state index in [1.807, 2.05) is 0 Å². The minimum Gasteiger partial charge on any atom is -0.381 e. The molecule has 2 rings (SSSR count). The van der Waals surface area contributed by atoms with Crippen molar-refractivity contribution < 1.29 is 4.74 Å². The van der Waals surface area contributed by atoms with Gasteiger partial charge in [0.05, 0.1) is 0 Å². The smallest absolute Gasteiger partial charge is 0.0468 e. The van der Waals surface area contributed by atoms with Gasteiger partial charge in [-0.2, -0.15) is 0 Å². The lowest BCUT2D eigenvalue weighted by atomic mass is 9.89. The molecule has 2 aliphatic rings. The van der Waals surface area contributed by atoms with Gasteiger partial charge >= 0.3 is 0 Å². The second kappa shape index (κ2) is 7.29. The van der Waals surface area contributed by atoms with Gasteiger partial charge in [-0.15, -0.1) is 0 Å². The molecule has 16 heavy (non-hydrogen) atoms. The molecular weight excluding hydrogens is 198 g/mol. The lowest BCUT2D eigenvalue weighted by Crippen LogP contribution is -2.27. The van der Waals surface area contributed by atoms with Crippen LogP contribution in [0, 0.1) is 11.8 Å². The molecule has 0 bridgehead atoms. The van der Waals surface area contributed by atoms with Gasteiger partial charge in [-0.05, 0) is 50.6 Å². The molecule has 0 aliphatic carbocycles. The van der Waals surface area contributed by atoms with Crippen LogP contribution in [0.4, 0.5) is 0 Å². The second-order valence-corrected chi connectivity index (χ2v) is 5.53. The van der Waals surface area contributed by atoms with Gasteiger partial charge in [0.2, 0.25) is 0 Å². The van der Waals surface area contributed by atoms with E-state index in [0.717, 1.165) is 25.0 Å². The predicted molar refractivity (Wildman–Crippen MR) is 67.6 cm³/mol. The Balaban J connectivity index is 1.47. The van der Waals surface area contributed by atoms with Crippen molar-refractivity contribution >= 4 is 0 Å². The van der Waals surface area contributed by atoms with Gasteiger partial charge in [-0.1, -0.05) is 25.7 Å². The Morgan fingerprint density at radius 3 is 2.00 bits per heavy atom. The lowest BCUT2D eigenvalue weighted by Gasteiger charge is -2.24. The molecule has 0 aromatic rings. The van der Waals surface area contributed by atoms with Crippen molar-refractivity contribution in [3.05, 3.63) is 0 Å². The van der Waals surface area contributed by atoms with Crippen molar-refractivity contribution in [1.82, 2.24) is 5.32 Å². The zero-order valence-corrected chi connectivity index (χ0v) is 10.5. The zero-order valence-electron chi connectivity index (χ0n) is 10.5. The monoisotopic (exact) mass is 225 g/mol. The minimum absolute atomic E-state index is 0.974. The molecule has 0 unspecified atom stereocenters. The summed E-state index contributed by atoms with van der Waals surface area (Å²) in [5.41, 5.74) is 0. The number of hydrogen-bond acceptors (Lipinski definition) is 2. The Morgan fingerprint density at radius 1 is 0.812 bits per heavy atom. The van der Waals surface area contributed by atoms with Gasteiger partial charge in [0.25, 0.3) is 0 Å². The summed E-state index contributed by atoms with van der Waals surface area (Å²) in [4.78, 5) is 0. The molecule has 0 amide bonds. The lowest BCUT2D eigenvalue weighted by molar-refractivity contribution is 0.0630. The molecular formula is C14H27NO. The van der Waals surface area contributed by atoms with Crippen LogP contribution in [0.3, 0.4) is 0 Å². The molecule has 0 aromatic heterocycles. The number of rotatable bonds is 5. The van der Waals surface area contributed by atoms with Crippen LogP contribution in [0.5, 0.6) is 0 Å². The van der Waals surface area contributed by atoms with Crippen molar-refractivity contribution in [2.75, 3.05) is 26.3 Å². The minimum atomic E-state index is 0.974. The number of piperidine rings is 1. The van der Waals surface area contributed by atoms with E-state index >= 15 is 0 Å². The van der Waals surface area contributed by atoms with E-state index in [1.165, 1.54) is 64.5 Å². The van der Waals surface area contributed by atoms with Crippen molar-refractivity contribution in [2.45, 2.75) is 51.4 Å². The Hall–Kier alpha value is -0.0800. The average Bonchev–Trinajstić information content (AvgIpc) is 2.37. The highest BCUT2D eigenvalue weighted by molar-refractivity contribution is 4.69. The van der Waals surface area contributed by atoms with Crippen LogP contribution < -0.4 is 5.32 Å². The van der Waals surface area contributed by atoms with Gasteiger partial charge in [0.1, 0.15) is 0 Å². The summed E-state index contributed by atoms with van der Waals surface area (Å²) in [7, 11) is 0. The Labute approximate surface area is 100 Å². The topological polar surface area (TPSA) is 21.3 Å². The molecule has 2 heterocycles. The fourth-order valence-electron chi connectivity index (χ4n) is 3.07. The maximum absolute atomic E-state index is 5.39. The second-order valence-electron chi connectivity index (χ2n) is 5.53. The van der Waals surface area contributed by atoms with Gasteiger partial charge < -0.3 is 10.1 Å². The molecule has 0 aromatic carbocycles. The number of nitrogens with one attached hydrogen (secondary N) is 1. The first kappa shape index (κ1) is 12.4. The summed E-state index contributed by atoms with van der Waals surface area (Å²) in [6, 6.07) is 0. The summed E-state index contributed by atoms with van der Waals surface area (Å²) < 4.78 is 5.39. The van der Waals surface area contributed by atoms with E-state index in [0.29, 0.717) is 0 Å². The highest BCUT2D eigenvalue weighted by Crippen LogP contribution is 2.24. The SMILES string of the molecule is C(CCC1CCOCC1)CC1CCNCC1. The molecule has 0 saturated carbocycles. The summed E-state index contributed by atoms with van der Waals surface area (Å²) >= 11 is 0. The Kier molecular flexibility index (Phi) is 5.64. The van der Waals surface area contributed by atoms with Crippen LogP contribution >= 0.6 is 0 Å². The Bertz CT molecular complexity index is 152. The van der Waals surface area contributed by atoms with E-state index < -0.39 is 0 Å². The van der Waals surface area contributed by atoms with Gasteiger partial charge in [0.15, 0.2) is 0 Å². The van der Waals surface area contributed by atoms with Crippen LogP contribution in [0.15, 0.2) is 0 Å². The van der Waals surface area contributed by atoms with Crippen molar-refractivity contribution in [2.24, 2.45) is 11.8 Å². The largest absolute Gasteiger partial charge is 0.381 e. The first-order valence-electron chi connectivity index (χ1n) is 7.23. The number of ether oxygens (including phenoxy) is 1. The zero-order chi connectivity index (χ0) is 11.1. The van der Waals surface area contributed by atoms with E-state index in [-0.39, 0.29) is 0 Å². The summed E-state index contributed by atoms with van der Waals surface area (Å²) in [5.74, 6) is 2.00. The van der Waals surface area contributed by atoms with Crippen molar-refractivity contribution in [3.8, 4) is 0 Å². The van der Waals surface area contributed by atoms with Crippen LogP contribution in [0.2, 0.25) is 0 Å². The fraction of sp³-hybridized carbons (Fsp3) is 1.00. The molecule has 2 heteroatoms. The third kappa shape index (κ3) is 4.42. The van der Waals surface area contributed by atoms with Gasteiger partial charge in [-0.25, -0.2) is 0 Å². The third-order valence-corrected chi connectivity index (χ3v) is 4.27. The summed E-state index contributed by atoms with van der Waals surface area (Å²) in [5, 5.41) is 3.44. The van der Waals surface area contributed by atoms with Crippen molar-refractivity contribution in [1.29, 1.82) is 0 Å². The van der Waals surface area contributed by atoms with Crippen LogP contribution in [0.1, 0.15) is 51.4 Å².